The Morgan fingerprint density at radius 3 is 2.47 bits per heavy atom. The number of nitrogens with one attached hydrogen (secondary N) is 1. The van der Waals surface area contributed by atoms with Crippen molar-refractivity contribution in [1.82, 2.24) is 0 Å². The molecule has 2 heterocycles. The standard InChI is InChI=1S/C25H21Cl2NO3S/c1-30-21-11-15-18(12-22(21)31-2)28-19-9-14(23-4-3-7-32-23)10-20(29)25(19)24(15)13-5-6-16(26)17(27)8-13/h3-8,11-12,14,24,28H,9-10H2,1-2H3. The third kappa shape index (κ3) is 3.58. The largest absolute Gasteiger partial charge is 0.493 e. The molecule has 164 valence electrons. The lowest BCUT2D eigenvalue weighted by molar-refractivity contribution is -0.116. The number of anilines is 1. The molecule has 1 N–H and O–H groups in total. The van der Waals surface area contributed by atoms with Gasteiger partial charge in [-0.2, -0.15) is 0 Å². The summed E-state index contributed by atoms with van der Waals surface area (Å²) in [7, 11) is 3.22. The summed E-state index contributed by atoms with van der Waals surface area (Å²) in [6.45, 7) is 0. The molecule has 0 amide bonds. The zero-order valence-electron chi connectivity index (χ0n) is 17.6. The summed E-state index contributed by atoms with van der Waals surface area (Å²) in [6, 6.07) is 13.6. The first kappa shape index (κ1) is 21.4. The molecule has 0 bridgehead atoms. The summed E-state index contributed by atoms with van der Waals surface area (Å²) in [6.07, 6.45) is 1.26. The molecule has 2 unspecified atom stereocenters. The Kier molecular flexibility index (Phi) is 5.66. The van der Waals surface area contributed by atoms with Crippen LogP contribution in [0.4, 0.5) is 5.69 Å². The highest BCUT2D eigenvalue weighted by atomic mass is 35.5. The zero-order valence-corrected chi connectivity index (χ0v) is 19.9. The number of carbonyl (C=O) groups is 1. The Labute approximate surface area is 200 Å². The van der Waals surface area contributed by atoms with E-state index in [0.29, 0.717) is 28.0 Å². The van der Waals surface area contributed by atoms with Gasteiger partial charge < -0.3 is 14.8 Å². The van der Waals surface area contributed by atoms with Gasteiger partial charge in [-0.15, -0.1) is 11.3 Å². The number of hydrogen-bond acceptors (Lipinski definition) is 5. The van der Waals surface area contributed by atoms with Crippen molar-refractivity contribution in [3.8, 4) is 11.5 Å². The first-order chi connectivity index (χ1) is 15.5. The third-order valence-corrected chi connectivity index (χ3v) is 7.95. The fourth-order valence-electron chi connectivity index (χ4n) is 4.71. The van der Waals surface area contributed by atoms with Crippen LogP contribution >= 0.6 is 34.5 Å². The Hall–Kier alpha value is -2.47. The number of carbonyl (C=O) groups excluding carboxylic acids is 1. The molecule has 4 nitrogen and oxygen atoms in total. The van der Waals surface area contributed by atoms with Crippen LogP contribution < -0.4 is 14.8 Å². The molecule has 5 rings (SSSR count). The fourth-order valence-corrected chi connectivity index (χ4v) is 5.84. The van der Waals surface area contributed by atoms with Gasteiger partial charge in [-0.25, -0.2) is 0 Å². The number of Topliss-reactive ketones (excluding diaryl/α,β-unsaturated/α-hetero) is 1. The van der Waals surface area contributed by atoms with Crippen molar-refractivity contribution >= 4 is 46.0 Å². The van der Waals surface area contributed by atoms with Gasteiger partial charge in [0, 0.05) is 46.2 Å². The van der Waals surface area contributed by atoms with Crippen molar-refractivity contribution in [2.45, 2.75) is 24.7 Å². The van der Waals surface area contributed by atoms with Crippen LogP contribution in [0.5, 0.6) is 11.5 Å². The maximum Gasteiger partial charge on any atom is 0.162 e. The predicted molar refractivity (Wildman–Crippen MR) is 130 cm³/mol. The van der Waals surface area contributed by atoms with E-state index < -0.39 is 0 Å². The number of allylic oxidation sites excluding steroid dienone is 2. The zero-order chi connectivity index (χ0) is 22.4. The van der Waals surface area contributed by atoms with Crippen molar-refractivity contribution in [2.24, 2.45) is 0 Å². The van der Waals surface area contributed by atoms with Crippen LogP contribution in [-0.2, 0) is 4.79 Å². The molecule has 0 fully saturated rings. The van der Waals surface area contributed by atoms with Crippen molar-refractivity contribution < 1.29 is 14.3 Å². The number of rotatable bonds is 4. The molecule has 2 atom stereocenters. The minimum Gasteiger partial charge on any atom is -0.493 e. The van der Waals surface area contributed by atoms with Crippen molar-refractivity contribution in [3.05, 3.63) is 85.2 Å². The molecule has 0 spiro atoms. The minimum absolute atomic E-state index is 0.147. The molecule has 2 aliphatic rings. The molecule has 0 radical (unpaired) electrons. The van der Waals surface area contributed by atoms with Crippen LogP contribution in [0.15, 0.2) is 59.1 Å². The van der Waals surface area contributed by atoms with Gasteiger partial charge in [0.05, 0.1) is 24.3 Å². The Bertz CT molecular complexity index is 1240. The number of benzene rings is 2. The first-order valence-corrected chi connectivity index (χ1v) is 11.9. The summed E-state index contributed by atoms with van der Waals surface area (Å²) < 4.78 is 11.1. The predicted octanol–water partition coefficient (Wildman–Crippen LogP) is 7.03. The van der Waals surface area contributed by atoms with E-state index in [0.717, 1.165) is 34.5 Å². The van der Waals surface area contributed by atoms with E-state index in [1.807, 2.05) is 30.3 Å². The maximum absolute atomic E-state index is 13.5. The van der Waals surface area contributed by atoms with E-state index in [1.54, 1.807) is 31.6 Å². The Morgan fingerprint density at radius 1 is 1.00 bits per heavy atom. The number of hydrogen-bond donors (Lipinski definition) is 1. The van der Waals surface area contributed by atoms with E-state index >= 15 is 0 Å². The minimum atomic E-state index is -0.271. The highest BCUT2D eigenvalue weighted by molar-refractivity contribution is 7.10. The van der Waals surface area contributed by atoms with Gasteiger partial charge in [-0.05, 0) is 47.2 Å². The van der Waals surface area contributed by atoms with Gasteiger partial charge in [0.2, 0.25) is 0 Å². The number of thiophene rings is 1. The number of methoxy groups -OCH3 is 2. The Balaban J connectivity index is 1.69. The highest BCUT2D eigenvalue weighted by Gasteiger charge is 2.39. The number of halogens is 2. The topological polar surface area (TPSA) is 47.6 Å². The van der Waals surface area contributed by atoms with E-state index in [1.165, 1.54) is 4.88 Å². The van der Waals surface area contributed by atoms with E-state index in [-0.39, 0.29) is 17.6 Å². The van der Waals surface area contributed by atoms with Crippen LogP contribution in [0.3, 0.4) is 0 Å². The molecule has 7 heteroatoms. The summed E-state index contributed by atoms with van der Waals surface area (Å²) in [4.78, 5) is 14.8. The van der Waals surface area contributed by atoms with Crippen LogP contribution in [0, 0.1) is 0 Å². The average molecular weight is 486 g/mol. The smallest absolute Gasteiger partial charge is 0.162 e. The summed E-state index contributed by atoms with van der Waals surface area (Å²) in [5.74, 6) is 1.29. The molecule has 1 aliphatic carbocycles. The van der Waals surface area contributed by atoms with Gasteiger partial charge >= 0.3 is 0 Å². The van der Waals surface area contributed by atoms with Crippen molar-refractivity contribution in [2.75, 3.05) is 19.5 Å². The van der Waals surface area contributed by atoms with Gasteiger partial charge in [0.25, 0.3) is 0 Å². The number of fused-ring (bicyclic) bond motifs is 1. The van der Waals surface area contributed by atoms with Gasteiger partial charge in [-0.3, -0.25) is 4.79 Å². The fraction of sp³-hybridized carbons (Fsp3) is 0.240. The molecular formula is C25H21Cl2NO3S. The second-order valence-electron chi connectivity index (χ2n) is 7.96. The van der Waals surface area contributed by atoms with Gasteiger partial charge in [0.15, 0.2) is 17.3 Å². The quantitative estimate of drug-likeness (QED) is 0.430. The molecular weight excluding hydrogens is 465 g/mol. The molecule has 2 aromatic carbocycles. The summed E-state index contributed by atoms with van der Waals surface area (Å²) in [5.41, 5.74) is 4.51. The Morgan fingerprint density at radius 2 is 1.78 bits per heavy atom. The second-order valence-corrected chi connectivity index (χ2v) is 9.76. The highest BCUT2D eigenvalue weighted by Crippen LogP contribution is 2.51. The van der Waals surface area contributed by atoms with E-state index in [9.17, 15) is 4.79 Å². The maximum atomic E-state index is 13.5. The normalized spacial score (nSPS) is 19.8. The molecule has 1 aromatic heterocycles. The van der Waals surface area contributed by atoms with Crippen LogP contribution in [-0.4, -0.2) is 20.0 Å². The molecule has 3 aromatic rings. The van der Waals surface area contributed by atoms with E-state index in [2.05, 4.69) is 16.8 Å². The van der Waals surface area contributed by atoms with Gasteiger partial charge in [0.1, 0.15) is 0 Å². The average Bonchev–Trinajstić information content (AvgIpc) is 3.33. The molecule has 0 saturated carbocycles. The molecule has 1 aliphatic heterocycles. The summed E-state index contributed by atoms with van der Waals surface area (Å²) in [5, 5.41) is 6.55. The van der Waals surface area contributed by atoms with Crippen LogP contribution in [0.1, 0.15) is 40.7 Å². The molecule has 0 saturated heterocycles. The number of ether oxygens (including phenoxy) is 2. The van der Waals surface area contributed by atoms with Gasteiger partial charge in [-0.1, -0.05) is 35.3 Å². The third-order valence-electron chi connectivity index (χ3n) is 6.17. The lowest BCUT2D eigenvalue weighted by Gasteiger charge is -2.36. The number of ketones is 1. The summed E-state index contributed by atoms with van der Waals surface area (Å²) >= 11 is 14.3. The van der Waals surface area contributed by atoms with Crippen LogP contribution in [0.25, 0.3) is 0 Å². The first-order valence-electron chi connectivity index (χ1n) is 10.3. The van der Waals surface area contributed by atoms with E-state index in [4.69, 9.17) is 32.7 Å². The lowest BCUT2D eigenvalue weighted by Crippen LogP contribution is -2.29. The SMILES string of the molecule is COc1cc2c(cc1OC)C(c1ccc(Cl)c(Cl)c1)C1=C(CC(c3cccs3)CC1=O)N2. The lowest BCUT2D eigenvalue weighted by atomic mass is 9.73. The second kappa shape index (κ2) is 8.47. The van der Waals surface area contributed by atoms with Crippen molar-refractivity contribution in [3.63, 3.8) is 0 Å². The monoisotopic (exact) mass is 485 g/mol. The van der Waals surface area contributed by atoms with Crippen LogP contribution in [0.2, 0.25) is 10.0 Å². The van der Waals surface area contributed by atoms with Crippen molar-refractivity contribution in [1.29, 1.82) is 0 Å². The molecule has 32 heavy (non-hydrogen) atoms.